The van der Waals surface area contributed by atoms with E-state index in [1.165, 1.54) is 6.07 Å². The Morgan fingerprint density at radius 2 is 2.00 bits per heavy atom. The van der Waals surface area contributed by atoms with Crippen LogP contribution in [0.4, 0.5) is 5.69 Å². The Bertz CT molecular complexity index is 656. The minimum Gasteiger partial charge on any atom is -0.317 e. The summed E-state index contributed by atoms with van der Waals surface area (Å²) in [6.45, 7) is 3.19. The molecule has 0 saturated carbocycles. The number of nitro benzene ring substituents is 1. The molecule has 0 aliphatic carbocycles. The molecule has 0 unspecified atom stereocenters. The summed E-state index contributed by atoms with van der Waals surface area (Å²) < 4.78 is 27.5. The second kappa shape index (κ2) is 5.88. The first-order valence-corrected chi connectivity index (χ1v) is 8.28. The molecule has 2 rings (SSSR count). The number of sulfonamides is 1. The van der Waals surface area contributed by atoms with Gasteiger partial charge < -0.3 is 5.32 Å². The third-order valence-corrected chi connectivity index (χ3v) is 5.42. The van der Waals surface area contributed by atoms with Crippen molar-refractivity contribution in [2.75, 3.05) is 13.1 Å². The molecular formula is C12H16ClN3O4S. The van der Waals surface area contributed by atoms with Gasteiger partial charge in [-0.25, -0.2) is 13.1 Å². The number of halogens is 1. The molecule has 1 heterocycles. The molecule has 1 aromatic rings. The van der Waals surface area contributed by atoms with E-state index in [1.54, 1.807) is 6.92 Å². The number of nitrogens with zero attached hydrogens (tertiary/aromatic N) is 1. The zero-order chi connectivity index (χ0) is 15.7. The highest BCUT2D eigenvalue weighted by atomic mass is 35.5. The maximum atomic E-state index is 12.5. The summed E-state index contributed by atoms with van der Waals surface area (Å²) in [4.78, 5) is 9.93. The molecule has 0 bridgehead atoms. The first kappa shape index (κ1) is 16.2. The van der Waals surface area contributed by atoms with E-state index < -0.39 is 26.2 Å². The number of rotatable bonds is 4. The molecule has 116 valence electrons. The molecule has 9 heteroatoms. The Kier molecular flexibility index (Phi) is 4.52. The zero-order valence-electron chi connectivity index (χ0n) is 11.4. The van der Waals surface area contributed by atoms with Crippen LogP contribution >= 0.6 is 11.6 Å². The first-order chi connectivity index (χ1) is 9.73. The van der Waals surface area contributed by atoms with Gasteiger partial charge in [-0.15, -0.1) is 0 Å². The van der Waals surface area contributed by atoms with Crippen LogP contribution in [0, 0.1) is 10.1 Å². The Labute approximate surface area is 127 Å². The van der Waals surface area contributed by atoms with Gasteiger partial charge in [0, 0.05) is 16.6 Å². The largest absolute Gasteiger partial charge is 0.317 e. The third kappa shape index (κ3) is 3.70. The van der Waals surface area contributed by atoms with Crippen LogP contribution in [0.25, 0.3) is 0 Å². The summed E-state index contributed by atoms with van der Waals surface area (Å²) in [6, 6.07) is 3.53. The molecule has 2 N–H and O–H groups in total. The van der Waals surface area contributed by atoms with Gasteiger partial charge in [0.25, 0.3) is 5.69 Å². The van der Waals surface area contributed by atoms with Gasteiger partial charge in [0.05, 0.1) is 4.92 Å². The van der Waals surface area contributed by atoms with E-state index in [-0.39, 0.29) is 9.92 Å². The quantitative estimate of drug-likeness (QED) is 0.644. The van der Waals surface area contributed by atoms with Gasteiger partial charge in [-0.05, 0) is 45.0 Å². The maximum Gasteiger partial charge on any atom is 0.290 e. The lowest BCUT2D eigenvalue weighted by molar-refractivity contribution is -0.387. The van der Waals surface area contributed by atoms with Crippen molar-refractivity contribution in [3.05, 3.63) is 33.3 Å². The van der Waals surface area contributed by atoms with Crippen LogP contribution in [0.3, 0.4) is 0 Å². The molecule has 1 aromatic carbocycles. The number of hydrogen-bond donors (Lipinski definition) is 2. The standard InChI is InChI=1S/C12H16ClN3O4S/c1-12(4-6-14-7-5-12)15-21(19,20)11-3-2-9(13)8-10(11)16(17)18/h2-3,8,14-15H,4-7H2,1H3. The third-order valence-electron chi connectivity index (χ3n) is 3.50. The van der Waals surface area contributed by atoms with Crippen molar-refractivity contribution in [3.63, 3.8) is 0 Å². The molecule has 0 aromatic heterocycles. The fourth-order valence-corrected chi connectivity index (χ4v) is 4.11. The smallest absolute Gasteiger partial charge is 0.290 e. The van der Waals surface area contributed by atoms with Crippen molar-refractivity contribution in [2.24, 2.45) is 0 Å². The zero-order valence-corrected chi connectivity index (χ0v) is 13.0. The van der Waals surface area contributed by atoms with Gasteiger partial charge in [0.15, 0.2) is 4.90 Å². The Morgan fingerprint density at radius 3 is 2.57 bits per heavy atom. The Balaban J connectivity index is 2.38. The molecule has 1 aliphatic rings. The average Bonchev–Trinajstić information content (AvgIpc) is 2.37. The van der Waals surface area contributed by atoms with Crippen molar-refractivity contribution in [2.45, 2.75) is 30.2 Å². The molecule has 7 nitrogen and oxygen atoms in total. The van der Waals surface area contributed by atoms with Crippen LogP contribution < -0.4 is 10.0 Å². The number of hydrogen-bond acceptors (Lipinski definition) is 5. The first-order valence-electron chi connectivity index (χ1n) is 6.42. The second-order valence-electron chi connectivity index (χ2n) is 5.29. The average molecular weight is 334 g/mol. The highest BCUT2D eigenvalue weighted by Gasteiger charge is 2.35. The topological polar surface area (TPSA) is 101 Å². The van der Waals surface area contributed by atoms with Gasteiger partial charge in [-0.3, -0.25) is 10.1 Å². The van der Waals surface area contributed by atoms with Crippen LogP contribution in [-0.2, 0) is 10.0 Å². The molecular weight excluding hydrogens is 318 g/mol. The summed E-state index contributed by atoms with van der Waals surface area (Å²) in [5, 5.41) is 14.3. The molecule has 1 fully saturated rings. The van der Waals surface area contributed by atoms with Crippen molar-refractivity contribution in [1.82, 2.24) is 10.0 Å². The SMILES string of the molecule is CC1(NS(=O)(=O)c2ccc(Cl)cc2[N+](=O)[O-])CCNCC1. The molecule has 0 spiro atoms. The number of nitrogens with one attached hydrogen (secondary N) is 2. The van der Waals surface area contributed by atoms with Crippen molar-refractivity contribution >= 4 is 27.3 Å². The predicted molar refractivity (Wildman–Crippen MR) is 78.9 cm³/mol. The lowest BCUT2D eigenvalue weighted by Crippen LogP contribution is -2.52. The van der Waals surface area contributed by atoms with E-state index in [1.807, 2.05) is 0 Å². The summed E-state index contributed by atoms with van der Waals surface area (Å²) in [7, 11) is -3.99. The van der Waals surface area contributed by atoms with Gasteiger partial charge in [0.1, 0.15) is 0 Å². The monoisotopic (exact) mass is 333 g/mol. The molecule has 0 radical (unpaired) electrons. The second-order valence-corrected chi connectivity index (χ2v) is 7.37. The van der Waals surface area contributed by atoms with E-state index >= 15 is 0 Å². The van der Waals surface area contributed by atoms with Crippen molar-refractivity contribution in [1.29, 1.82) is 0 Å². The fraction of sp³-hybridized carbons (Fsp3) is 0.500. The number of piperidine rings is 1. The molecule has 1 aliphatic heterocycles. The highest BCUT2D eigenvalue weighted by Crippen LogP contribution is 2.29. The van der Waals surface area contributed by atoms with Crippen molar-refractivity contribution < 1.29 is 13.3 Å². The van der Waals surface area contributed by atoms with E-state index in [0.717, 1.165) is 12.1 Å². The maximum absolute atomic E-state index is 12.5. The van der Waals surface area contributed by atoms with E-state index in [0.29, 0.717) is 25.9 Å². The minimum atomic E-state index is -3.99. The van der Waals surface area contributed by atoms with E-state index in [2.05, 4.69) is 10.0 Å². The van der Waals surface area contributed by atoms with Gasteiger partial charge in [-0.1, -0.05) is 11.6 Å². The molecule has 21 heavy (non-hydrogen) atoms. The molecule has 1 saturated heterocycles. The van der Waals surface area contributed by atoms with E-state index in [4.69, 9.17) is 11.6 Å². The lowest BCUT2D eigenvalue weighted by Gasteiger charge is -2.34. The fourth-order valence-electron chi connectivity index (χ4n) is 2.32. The normalized spacial score (nSPS) is 18.4. The molecule has 0 amide bonds. The van der Waals surface area contributed by atoms with Crippen LogP contribution in [0.1, 0.15) is 19.8 Å². The van der Waals surface area contributed by atoms with Crippen LogP contribution in [0.5, 0.6) is 0 Å². The minimum absolute atomic E-state index is 0.119. The Morgan fingerprint density at radius 1 is 1.38 bits per heavy atom. The highest BCUT2D eigenvalue weighted by molar-refractivity contribution is 7.89. The summed E-state index contributed by atoms with van der Waals surface area (Å²) in [5.41, 5.74) is -1.13. The summed E-state index contributed by atoms with van der Waals surface area (Å²) >= 11 is 5.70. The number of nitro groups is 1. The summed E-state index contributed by atoms with van der Waals surface area (Å²) in [6.07, 6.45) is 1.24. The summed E-state index contributed by atoms with van der Waals surface area (Å²) in [5.74, 6) is 0. The number of benzene rings is 1. The predicted octanol–water partition coefficient (Wildman–Crippen LogP) is 1.67. The van der Waals surface area contributed by atoms with Crippen LogP contribution in [-0.4, -0.2) is 32.0 Å². The molecule has 0 atom stereocenters. The lowest BCUT2D eigenvalue weighted by atomic mass is 9.92. The van der Waals surface area contributed by atoms with Crippen LogP contribution in [0.2, 0.25) is 5.02 Å². The van der Waals surface area contributed by atoms with Gasteiger partial charge >= 0.3 is 0 Å². The Hall–Kier alpha value is -1.22. The van der Waals surface area contributed by atoms with Gasteiger partial charge in [0.2, 0.25) is 10.0 Å². The van der Waals surface area contributed by atoms with E-state index in [9.17, 15) is 18.5 Å². The van der Waals surface area contributed by atoms with Crippen molar-refractivity contribution in [3.8, 4) is 0 Å². The van der Waals surface area contributed by atoms with Gasteiger partial charge in [-0.2, -0.15) is 0 Å². The van der Waals surface area contributed by atoms with Crippen LogP contribution in [0.15, 0.2) is 23.1 Å².